The fraction of sp³-hybridized carbons (Fsp3) is 0.667. The molecule has 0 bridgehead atoms. The number of hydrogen-bond acceptors (Lipinski definition) is 5. The molecule has 0 aromatic carbocycles. The molecule has 7 nitrogen and oxygen atoms in total. The minimum atomic E-state index is -0.748. The van der Waals surface area contributed by atoms with E-state index >= 15 is 0 Å². The molecule has 132 valence electrons. The standard InChI is InChI=1S/C15H25ClN2O5/c1-10(2)12(19)22-7-6-17-14(21)18-8-11(3)13(20)23-15(4,5)9-16/h11H,1,6-9H2,2-5H3,(H2,17,18,21). The highest BCUT2D eigenvalue weighted by Crippen LogP contribution is 2.13. The van der Waals surface area contributed by atoms with Gasteiger partial charge in [0.2, 0.25) is 0 Å². The Hall–Kier alpha value is -1.76. The third-order valence-corrected chi connectivity index (χ3v) is 3.28. The summed E-state index contributed by atoms with van der Waals surface area (Å²) >= 11 is 5.68. The van der Waals surface area contributed by atoms with Crippen LogP contribution in [0, 0.1) is 5.92 Å². The van der Waals surface area contributed by atoms with Gasteiger partial charge in [-0.05, 0) is 20.8 Å². The molecular weight excluding hydrogens is 324 g/mol. The smallest absolute Gasteiger partial charge is 0.333 e. The molecule has 0 fully saturated rings. The van der Waals surface area contributed by atoms with E-state index in [0.717, 1.165) is 0 Å². The van der Waals surface area contributed by atoms with Crippen molar-refractivity contribution in [1.29, 1.82) is 0 Å². The lowest BCUT2D eigenvalue weighted by Crippen LogP contribution is -2.42. The largest absolute Gasteiger partial charge is 0.460 e. The van der Waals surface area contributed by atoms with Crippen molar-refractivity contribution in [2.45, 2.75) is 33.3 Å². The fourth-order valence-corrected chi connectivity index (χ4v) is 1.28. The SMILES string of the molecule is C=C(C)C(=O)OCCNC(=O)NCC(C)C(=O)OC(C)(C)CCl. The van der Waals surface area contributed by atoms with Gasteiger partial charge in [-0.1, -0.05) is 13.5 Å². The Balaban J connectivity index is 3.94. The molecular formula is C15H25ClN2O5. The molecule has 1 unspecified atom stereocenters. The van der Waals surface area contributed by atoms with Crippen LogP contribution < -0.4 is 10.6 Å². The highest BCUT2D eigenvalue weighted by Gasteiger charge is 2.25. The predicted molar refractivity (Wildman–Crippen MR) is 87.2 cm³/mol. The lowest BCUT2D eigenvalue weighted by molar-refractivity contribution is -0.158. The quantitative estimate of drug-likeness (QED) is 0.286. The Kier molecular flexibility index (Phi) is 9.32. The van der Waals surface area contributed by atoms with Crippen LogP contribution in [0.1, 0.15) is 27.7 Å². The van der Waals surface area contributed by atoms with Crippen molar-refractivity contribution in [2.24, 2.45) is 5.92 Å². The number of nitrogens with one attached hydrogen (secondary N) is 2. The third-order valence-electron chi connectivity index (χ3n) is 2.64. The summed E-state index contributed by atoms with van der Waals surface area (Å²) in [6.07, 6.45) is 0. The molecule has 0 spiro atoms. The molecule has 1 atom stereocenters. The number of ether oxygens (including phenoxy) is 2. The number of urea groups is 1. The zero-order valence-electron chi connectivity index (χ0n) is 14.0. The topological polar surface area (TPSA) is 93.7 Å². The second kappa shape index (κ2) is 10.1. The molecule has 2 N–H and O–H groups in total. The van der Waals surface area contributed by atoms with Crippen molar-refractivity contribution in [3.8, 4) is 0 Å². The van der Waals surface area contributed by atoms with Gasteiger partial charge in [0.25, 0.3) is 0 Å². The summed E-state index contributed by atoms with van der Waals surface area (Å²) in [6, 6.07) is -0.465. The zero-order chi connectivity index (χ0) is 18.0. The molecule has 0 aliphatic carbocycles. The molecule has 0 saturated carbocycles. The maximum Gasteiger partial charge on any atom is 0.333 e. The number of amides is 2. The van der Waals surface area contributed by atoms with E-state index in [9.17, 15) is 14.4 Å². The first kappa shape index (κ1) is 21.2. The summed E-state index contributed by atoms with van der Waals surface area (Å²) in [5.41, 5.74) is -0.454. The maximum absolute atomic E-state index is 11.8. The summed E-state index contributed by atoms with van der Waals surface area (Å²) in [4.78, 5) is 34.5. The minimum absolute atomic E-state index is 0.0423. The van der Waals surface area contributed by atoms with Crippen LogP contribution in [0.5, 0.6) is 0 Å². The van der Waals surface area contributed by atoms with Gasteiger partial charge in [0.15, 0.2) is 0 Å². The van der Waals surface area contributed by atoms with Crippen LogP contribution >= 0.6 is 11.6 Å². The van der Waals surface area contributed by atoms with Gasteiger partial charge in [-0.3, -0.25) is 4.79 Å². The summed E-state index contributed by atoms with van der Waals surface area (Å²) in [7, 11) is 0. The molecule has 0 aliphatic heterocycles. The average molecular weight is 349 g/mol. The molecule has 0 aromatic rings. The van der Waals surface area contributed by atoms with Crippen LogP contribution in [0.2, 0.25) is 0 Å². The van der Waals surface area contributed by atoms with Crippen LogP contribution in [-0.2, 0) is 19.1 Å². The highest BCUT2D eigenvalue weighted by atomic mass is 35.5. The van der Waals surface area contributed by atoms with Crippen molar-refractivity contribution in [3.05, 3.63) is 12.2 Å². The molecule has 0 aliphatic rings. The monoisotopic (exact) mass is 348 g/mol. The number of esters is 2. The van der Waals surface area contributed by atoms with Crippen molar-refractivity contribution < 1.29 is 23.9 Å². The lowest BCUT2D eigenvalue weighted by Gasteiger charge is -2.24. The second-order valence-electron chi connectivity index (χ2n) is 5.77. The number of rotatable bonds is 9. The lowest BCUT2D eigenvalue weighted by atomic mass is 10.1. The number of alkyl halides is 1. The van der Waals surface area contributed by atoms with Gasteiger partial charge >= 0.3 is 18.0 Å². The van der Waals surface area contributed by atoms with E-state index in [2.05, 4.69) is 17.2 Å². The second-order valence-corrected chi connectivity index (χ2v) is 6.04. The van der Waals surface area contributed by atoms with Crippen molar-refractivity contribution in [2.75, 3.05) is 25.6 Å². The molecule has 0 rings (SSSR count). The summed E-state index contributed by atoms with van der Waals surface area (Å²) < 4.78 is 10.0. The highest BCUT2D eigenvalue weighted by molar-refractivity contribution is 6.18. The van der Waals surface area contributed by atoms with E-state index in [1.165, 1.54) is 6.92 Å². The van der Waals surface area contributed by atoms with Gasteiger partial charge in [-0.2, -0.15) is 0 Å². The fourth-order valence-electron chi connectivity index (χ4n) is 1.22. The Bertz CT molecular complexity index is 451. The van der Waals surface area contributed by atoms with Gasteiger partial charge in [-0.15, -0.1) is 11.6 Å². The molecule has 23 heavy (non-hydrogen) atoms. The predicted octanol–water partition coefficient (Wildman–Crippen LogP) is 1.60. The van der Waals surface area contributed by atoms with E-state index in [4.69, 9.17) is 21.1 Å². The van der Waals surface area contributed by atoms with Gasteiger partial charge < -0.3 is 20.1 Å². The van der Waals surface area contributed by atoms with E-state index in [0.29, 0.717) is 5.57 Å². The van der Waals surface area contributed by atoms with Crippen LogP contribution in [0.3, 0.4) is 0 Å². The summed E-state index contributed by atoms with van der Waals surface area (Å²) in [5.74, 6) is -1.27. The van der Waals surface area contributed by atoms with Crippen LogP contribution in [0.4, 0.5) is 4.79 Å². The van der Waals surface area contributed by atoms with E-state index < -0.39 is 29.5 Å². The molecule has 2 amide bonds. The van der Waals surface area contributed by atoms with Crippen LogP contribution in [-0.4, -0.2) is 49.1 Å². The number of halogens is 1. The minimum Gasteiger partial charge on any atom is -0.460 e. The molecule has 8 heteroatoms. The van der Waals surface area contributed by atoms with E-state index in [-0.39, 0.29) is 25.6 Å². The number of carbonyl (C=O) groups excluding carboxylic acids is 3. The first-order chi connectivity index (χ1) is 10.6. The van der Waals surface area contributed by atoms with E-state index in [1.807, 2.05) is 0 Å². The average Bonchev–Trinajstić information content (AvgIpc) is 2.48. The van der Waals surface area contributed by atoms with Crippen LogP contribution in [0.25, 0.3) is 0 Å². The third kappa shape index (κ3) is 9.78. The van der Waals surface area contributed by atoms with Gasteiger partial charge in [0.05, 0.1) is 18.3 Å². The summed E-state index contributed by atoms with van der Waals surface area (Å²) in [5, 5.41) is 5.04. The van der Waals surface area contributed by atoms with Crippen molar-refractivity contribution >= 4 is 29.6 Å². The van der Waals surface area contributed by atoms with Crippen LogP contribution in [0.15, 0.2) is 12.2 Å². The number of hydrogen-bond donors (Lipinski definition) is 2. The molecule has 0 saturated heterocycles. The molecule has 0 heterocycles. The Morgan fingerprint density at radius 3 is 2.39 bits per heavy atom. The van der Waals surface area contributed by atoms with Gasteiger partial charge in [0, 0.05) is 12.1 Å². The van der Waals surface area contributed by atoms with Crippen molar-refractivity contribution in [3.63, 3.8) is 0 Å². The van der Waals surface area contributed by atoms with Gasteiger partial charge in [-0.25, -0.2) is 9.59 Å². The van der Waals surface area contributed by atoms with Gasteiger partial charge in [0.1, 0.15) is 12.2 Å². The molecule has 0 radical (unpaired) electrons. The summed E-state index contributed by atoms with van der Waals surface area (Å²) in [6.45, 7) is 10.3. The van der Waals surface area contributed by atoms with Crippen molar-refractivity contribution in [1.82, 2.24) is 10.6 Å². The number of carbonyl (C=O) groups is 3. The maximum atomic E-state index is 11.8. The normalized spacial score (nSPS) is 12.0. The van der Waals surface area contributed by atoms with E-state index in [1.54, 1.807) is 20.8 Å². The Morgan fingerprint density at radius 2 is 1.87 bits per heavy atom. The zero-order valence-corrected chi connectivity index (χ0v) is 14.8. The Labute approximate surface area is 141 Å². The first-order valence-corrected chi connectivity index (χ1v) is 7.75. The first-order valence-electron chi connectivity index (χ1n) is 7.22. The molecule has 0 aromatic heterocycles. The Morgan fingerprint density at radius 1 is 1.26 bits per heavy atom.